The van der Waals surface area contributed by atoms with Crippen LogP contribution in [-0.4, -0.2) is 4.98 Å². The largest absolute Gasteiger partial charge is 0.436 e. The second-order valence-corrected chi connectivity index (χ2v) is 5.65. The Labute approximate surface area is 123 Å². The lowest BCUT2D eigenvalue weighted by Crippen LogP contribution is -1.85. The molecule has 0 aliphatic rings. The van der Waals surface area contributed by atoms with E-state index in [2.05, 4.69) is 20.9 Å². The smallest absolute Gasteiger partial charge is 0.228 e. The van der Waals surface area contributed by atoms with Crippen LogP contribution in [0.15, 0.2) is 39.2 Å². The highest BCUT2D eigenvalue weighted by atomic mass is 79.9. The standard InChI is InChI=1S/C14H10BrClN2O/c1-7-4-9(17)6-12-13(7)19-14(18-12)10-5-8(15)2-3-11(10)16/h2-6H,17H2,1H3. The van der Waals surface area contributed by atoms with Crippen LogP contribution in [0.4, 0.5) is 5.69 Å². The molecule has 0 unspecified atom stereocenters. The van der Waals surface area contributed by atoms with Crippen molar-refractivity contribution in [2.45, 2.75) is 6.92 Å². The van der Waals surface area contributed by atoms with E-state index < -0.39 is 0 Å². The first-order chi connectivity index (χ1) is 9.04. The molecule has 19 heavy (non-hydrogen) atoms. The fraction of sp³-hybridized carbons (Fsp3) is 0.0714. The Morgan fingerprint density at radius 3 is 2.84 bits per heavy atom. The van der Waals surface area contributed by atoms with E-state index in [9.17, 15) is 0 Å². The summed E-state index contributed by atoms with van der Waals surface area (Å²) in [4.78, 5) is 4.45. The zero-order chi connectivity index (χ0) is 13.6. The van der Waals surface area contributed by atoms with E-state index >= 15 is 0 Å². The van der Waals surface area contributed by atoms with Gasteiger partial charge in [-0.3, -0.25) is 0 Å². The van der Waals surface area contributed by atoms with E-state index in [4.69, 9.17) is 21.8 Å². The Morgan fingerprint density at radius 1 is 1.26 bits per heavy atom. The topological polar surface area (TPSA) is 52.0 Å². The lowest BCUT2D eigenvalue weighted by Gasteiger charge is -1.99. The first-order valence-electron chi connectivity index (χ1n) is 5.66. The Morgan fingerprint density at radius 2 is 2.05 bits per heavy atom. The number of anilines is 1. The fourth-order valence-corrected chi connectivity index (χ4v) is 2.56. The highest BCUT2D eigenvalue weighted by Gasteiger charge is 2.13. The molecule has 3 aromatic rings. The van der Waals surface area contributed by atoms with Gasteiger partial charge < -0.3 is 10.2 Å². The summed E-state index contributed by atoms with van der Waals surface area (Å²) in [7, 11) is 0. The van der Waals surface area contributed by atoms with Crippen LogP contribution in [0.5, 0.6) is 0 Å². The van der Waals surface area contributed by atoms with Crippen LogP contribution in [0, 0.1) is 6.92 Å². The highest BCUT2D eigenvalue weighted by Crippen LogP contribution is 2.33. The summed E-state index contributed by atoms with van der Waals surface area (Å²) in [5, 5.41) is 0.598. The van der Waals surface area contributed by atoms with Crippen LogP contribution in [0.3, 0.4) is 0 Å². The Balaban J connectivity index is 2.26. The third-order valence-corrected chi connectivity index (χ3v) is 3.68. The predicted octanol–water partition coefficient (Wildman–Crippen LogP) is 4.80. The summed E-state index contributed by atoms with van der Waals surface area (Å²) in [6.45, 7) is 1.94. The molecule has 2 N–H and O–H groups in total. The van der Waals surface area contributed by atoms with Crippen molar-refractivity contribution in [3.63, 3.8) is 0 Å². The first-order valence-corrected chi connectivity index (χ1v) is 6.84. The molecule has 0 spiro atoms. The number of nitrogens with zero attached hydrogens (tertiary/aromatic N) is 1. The SMILES string of the molecule is Cc1cc(N)cc2nc(-c3cc(Br)ccc3Cl)oc12. The second-order valence-electron chi connectivity index (χ2n) is 4.33. The maximum atomic E-state index is 6.18. The Hall–Kier alpha value is -1.52. The van der Waals surface area contributed by atoms with Gasteiger partial charge in [0, 0.05) is 10.2 Å². The first kappa shape index (κ1) is 12.5. The minimum atomic E-state index is 0.495. The van der Waals surface area contributed by atoms with Gasteiger partial charge in [-0.05, 0) is 42.8 Å². The molecule has 3 nitrogen and oxygen atoms in total. The number of aryl methyl sites for hydroxylation is 1. The molecule has 0 amide bonds. The molecule has 0 radical (unpaired) electrons. The van der Waals surface area contributed by atoms with Crippen LogP contribution >= 0.6 is 27.5 Å². The van der Waals surface area contributed by atoms with Crippen LogP contribution in [0.2, 0.25) is 5.02 Å². The molecule has 0 saturated heterocycles. The molecule has 2 aromatic carbocycles. The Kier molecular flexibility index (Phi) is 2.99. The molecule has 0 bridgehead atoms. The van der Waals surface area contributed by atoms with Gasteiger partial charge >= 0.3 is 0 Å². The molecular weight excluding hydrogens is 328 g/mol. The van der Waals surface area contributed by atoms with Crippen molar-refractivity contribution in [2.24, 2.45) is 0 Å². The average Bonchev–Trinajstić information content (AvgIpc) is 2.76. The van der Waals surface area contributed by atoms with E-state index in [1.807, 2.05) is 25.1 Å². The van der Waals surface area contributed by atoms with Crippen LogP contribution < -0.4 is 5.73 Å². The molecule has 1 heterocycles. The number of rotatable bonds is 1. The van der Waals surface area contributed by atoms with Crippen LogP contribution in [0.25, 0.3) is 22.6 Å². The number of halogens is 2. The van der Waals surface area contributed by atoms with Crippen LogP contribution in [0.1, 0.15) is 5.56 Å². The van der Waals surface area contributed by atoms with Gasteiger partial charge in [0.15, 0.2) is 5.58 Å². The number of nitrogen functional groups attached to an aromatic ring is 1. The summed E-state index contributed by atoms with van der Waals surface area (Å²) < 4.78 is 6.73. The maximum absolute atomic E-state index is 6.18. The van der Waals surface area contributed by atoms with Gasteiger partial charge in [-0.25, -0.2) is 4.98 Å². The second kappa shape index (κ2) is 4.54. The lowest BCUT2D eigenvalue weighted by atomic mass is 10.2. The van der Waals surface area contributed by atoms with E-state index in [0.29, 0.717) is 16.6 Å². The van der Waals surface area contributed by atoms with E-state index in [1.165, 1.54) is 0 Å². The van der Waals surface area contributed by atoms with Gasteiger partial charge in [0.1, 0.15) is 5.52 Å². The third-order valence-electron chi connectivity index (χ3n) is 2.86. The maximum Gasteiger partial charge on any atom is 0.228 e. The molecule has 96 valence electrons. The van der Waals surface area contributed by atoms with Crippen LogP contribution in [-0.2, 0) is 0 Å². The number of benzene rings is 2. The molecule has 0 atom stereocenters. The normalized spacial score (nSPS) is 11.1. The number of aromatic nitrogens is 1. The molecule has 5 heteroatoms. The van der Waals surface area contributed by atoms with Gasteiger partial charge in [-0.2, -0.15) is 0 Å². The Bertz CT molecular complexity index is 782. The van der Waals surface area contributed by atoms with E-state index in [-0.39, 0.29) is 0 Å². The minimum Gasteiger partial charge on any atom is -0.436 e. The molecule has 3 rings (SSSR count). The molecule has 0 fully saturated rings. The van der Waals surface area contributed by atoms with Crippen molar-refractivity contribution in [1.82, 2.24) is 4.98 Å². The lowest BCUT2D eigenvalue weighted by molar-refractivity contribution is 0.617. The number of fused-ring (bicyclic) bond motifs is 1. The number of nitrogens with two attached hydrogens (primary N) is 1. The van der Waals surface area contributed by atoms with Crippen molar-refractivity contribution in [3.05, 3.63) is 45.4 Å². The summed E-state index contributed by atoms with van der Waals surface area (Å²) in [5.74, 6) is 0.495. The minimum absolute atomic E-state index is 0.495. The fourth-order valence-electron chi connectivity index (χ4n) is 2.00. The third kappa shape index (κ3) is 2.22. The quantitative estimate of drug-likeness (QED) is 0.649. The molecule has 0 aliphatic heterocycles. The van der Waals surface area contributed by atoms with Crippen molar-refractivity contribution < 1.29 is 4.42 Å². The van der Waals surface area contributed by atoms with Gasteiger partial charge in [0.2, 0.25) is 5.89 Å². The molecular formula is C14H10BrClN2O. The number of hydrogen-bond donors (Lipinski definition) is 1. The monoisotopic (exact) mass is 336 g/mol. The van der Waals surface area contributed by atoms with Crippen molar-refractivity contribution in [1.29, 1.82) is 0 Å². The zero-order valence-electron chi connectivity index (χ0n) is 10.1. The van der Waals surface area contributed by atoms with Crippen molar-refractivity contribution >= 4 is 44.3 Å². The molecule has 1 aromatic heterocycles. The van der Waals surface area contributed by atoms with E-state index in [1.54, 1.807) is 12.1 Å². The average molecular weight is 338 g/mol. The summed E-state index contributed by atoms with van der Waals surface area (Å²) in [5.41, 5.74) is 9.67. The van der Waals surface area contributed by atoms with Gasteiger partial charge in [0.05, 0.1) is 10.6 Å². The molecule has 0 saturated carbocycles. The predicted molar refractivity (Wildman–Crippen MR) is 81.3 cm³/mol. The summed E-state index contributed by atoms with van der Waals surface area (Å²) in [6.07, 6.45) is 0. The van der Waals surface area contributed by atoms with Crippen molar-refractivity contribution in [3.8, 4) is 11.5 Å². The van der Waals surface area contributed by atoms with Gasteiger partial charge in [0.25, 0.3) is 0 Å². The zero-order valence-corrected chi connectivity index (χ0v) is 12.4. The number of hydrogen-bond acceptors (Lipinski definition) is 3. The van der Waals surface area contributed by atoms with Gasteiger partial charge in [-0.15, -0.1) is 0 Å². The summed E-state index contributed by atoms with van der Waals surface area (Å²) in [6, 6.07) is 9.21. The van der Waals surface area contributed by atoms with E-state index in [0.717, 1.165) is 26.7 Å². The van der Waals surface area contributed by atoms with Gasteiger partial charge in [-0.1, -0.05) is 27.5 Å². The number of oxazole rings is 1. The highest BCUT2D eigenvalue weighted by molar-refractivity contribution is 9.10. The molecule has 0 aliphatic carbocycles. The van der Waals surface area contributed by atoms with Crippen molar-refractivity contribution in [2.75, 3.05) is 5.73 Å². The summed E-state index contributed by atoms with van der Waals surface area (Å²) >= 11 is 9.60.